The van der Waals surface area contributed by atoms with Crippen molar-refractivity contribution in [3.05, 3.63) is 76.1 Å². The first kappa shape index (κ1) is 19.9. The van der Waals surface area contributed by atoms with E-state index in [2.05, 4.69) is 35.8 Å². The van der Waals surface area contributed by atoms with Crippen LogP contribution in [0.4, 0.5) is 0 Å². The molecule has 1 N–H and O–H groups in total. The summed E-state index contributed by atoms with van der Waals surface area (Å²) in [5.74, 6) is -0.890. The van der Waals surface area contributed by atoms with E-state index in [1.165, 1.54) is 11.1 Å². The predicted molar refractivity (Wildman–Crippen MR) is 107 cm³/mol. The molecule has 0 bridgehead atoms. The number of hydrogen-bond acceptors (Lipinski definition) is 2. The lowest BCUT2D eigenvalue weighted by Crippen LogP contribution is -2.10. The van der Waals surface area contributed by atoms with E-state index in [0.29, 0.717) is 11.3 Å². The number of aryl methyl sites for hydroxylation is 4. The molecule has 0 saturated carbocycles. The summed E-state index contributed by atoms with van der Waals surface area (Å²) < 4.78 is 0. The molecular weight excluding hydrogens is 322 g/mol. The largest absolute Gasteiger partial charge is 0.478 e. The van der Waals surface area contributed by atoms with E-state index in [-0.39, 0.29) is 0 Å². The number of pyridine rings is 1. The molecule has 0 amide bonds. The highest BCUT2D eigenvalue weighted by Gasteiger charge is 2.16. The molecule has 138 valence electrons. The first-order chi connectivity index (χ1) is 12.4. The number of carboxylic acids is 1. The minimum Gasteiger partial charge on any atom is -0.478 e. The van der Waals surface area contributed by atoms with Crippen LogP contribution in [0.25, 0.3) is 0 Å². The zero-order chi connectivity index (χ0) is 19.1. The van der Waals surface area contributed by atoms with Crippen LogP contribution in [-0.4, -0.2) is 16.1 Å². The molecule has 26 heavy (non-hydrogen) atoms. The van der Waals surface area contributed by atoms with Gasteiger partial charge in [-0.25, -0.2) is 4.79 Å². The molecule has 0 aliphatic carbocycles. The fraction of sp³-hybridized carbons (Fsp3) is 0.391. The smallest absolute Gasteiger partial charge is 0.337 e. The number of rotatable bonds is 9. The van der Waals surface area contributed by atoms with Gasteiger partial charge in [0.25, 0.3) is 0 Å². The third kappa shape index (κ3) is 5.04. The van der Waals surface area contributed by atoms with Crippen molar-refractivity contribution in [1.29, 1.82) is 0 Å². The third-order valence-corrected chi connectivity index (χ3v) is 5.01. The molecule has 0 atom stereocenters. The molecule has 1 heterocycles. The Labute approximate surface area is 156 Å². The van der Waals surface area contributed by atoms with Gasteiger partial charge in [-0.05, 0) is 81.5 Å². The summed E-state index contributed by atoms with van der Waals surface area (Å²) in [4.78, 5) is 15.9. The van der Waals surface area contributed by atoms with Crippen molar-refractivity contribution in [2.45, 2.75) is 59.3 Å². The molecule has 3 heteroatoms. The Kier molecular flexibility index (Phi) is 7.14. The van der Waals surface area contributed by atoms with Crippen LogP contribution in [0.2, 0.25) is 0 Å². The Hall–Kier alpha value is -2.42. The van der Waals surface area contributed by atoms with Gasteiger partial charge in [0.15, 0.2) is 0 Å². The molecule has 2 rings (SSSR count). The quantitative estimate of drug-likeness (QED) is 0.487. The maximum atomic E-state index is 11.4. The zero-order valence-corrected chi connectivity index (χ0v) is 16.1. The van der Waals surface area contributed by atoms with E-state index < -0.39 is 5.97 Å². The number of aromatic nitrogens is 1. The molecule has 0 aliphatic heterocycles. The Bertz CT molecular complexity index is 793. The molecule has 3 nitrogen and oxygen atoms in total. The number of nitrogens with zero attached hydrogens (tertiary/aromatic N) is 1. The Balaban J connectivity index is 1.94. The second kappa shape index (κ2) is 9.33. The van der Waals surface area contributed by atoms with Crippen LogP contribution in [0.5, 0.6) is 0 Å². The monoisotopic (exact) mass is 351 g/mol. The van der Waals surface area contributed by atoms with Gasteiger partial charge in [0.05, 0.1) is 11.3 Å². The van der Waals surface area contributed by atoms with Crippen LogP contribution in [-0.2, 0) is 19.3 Å². The number of carbonyl (C=O) groups is 1. The second-order valence-electron chi connectivity index (χ2n) is 6.93. The van der Waals surface area contributed by atoms with Crippen LogP contribution in [0.1, 0.15) is 63.3 Å². The van der Waals surface area contributed by atoms with Crippen molar-refractivity contribution in [2.75, 3.05) is 0 Å². The first-order valence-electron chi connectivity index (χ1n) is 9.32. The fourth-order valence-corrected chi connectivity index (χ4v) is 3.41. The molecule has 1 aromatic carbocycles. The number of benzene rings is 1. The predicted octanol–water partition coefficient (Wildman–Crippen LogP) is 5.39. The zero-order valence-electron chi connectivity index (χ0n) is 16.1. The van der Waals surface area contributed by atoms with E-state index >= 15 is 0 Å². The van der Waals surface area contributed by atoms with Gasteiger partial charge < -0.3 is 5.11 Å². The lowest BCUT2D eigenvalue weighted by Gasteiger charge is -2.13. The van der Waals surface area contributed by atoms with Gasteiger partial charge in [-0.3, -0.25) is 4.98 Å². The Morgan fingerprint density at radius 3 is 2.38 bits per heavy atom. The van der Waals surface area contributed by atoms with E-state index in [0.717, 1.165) is 55.3 Å². The summed E-state index contributed by atoms with van der Waals surface area (Å²) in [5, 5.41) is 9.33. The van der Waals surface area contributed by atoms with E-state index in [1.54, 1.807) is 6.92 Å². The molecule has 0 radical (unpaired) electrons. The maximum absolute atomic E-state index is 11.4. The van der Waals surface area contributed by atoms with Crippen molar-refractivity contribution in [1.82, 2.24) is 4.98 Å². The highest BCUT2D eigenvalue weighted by molar-refractivity contribution is 5.90. The van der Waals surface area contributed by atoms with Crippen molar-refractivity contribution in [3.63, 3.8) is 0 Å². The normalized spacial score (nSPS) is 10.7. The summed E-state index contributed by atoms with van der Waals surface area (Å²) >= 11 is 0. The van der Waals surface area contributed by atoms with Crippen LogP contribution in [0, 0.1) is 20.8 Å². The fourth-order valence-electron chi connectivity index (χ4n) is 3.41. The van der Waals surface area contributed by atoms with Gasteiger partial charge in [0.1, 0.15) is 0 Å². The molecule has 0 unspecified atom stereocenters. The van der Waals surface area contributed by atoms with Crippen LogP contribution in [0.3, 0.4) is 0 Å². The lowest BCUT2D eigenvalue weighted by atomic mass is 9.97. The number of unbranched alkanes of at least 4 members (excludes halogenated alkanes) is 1. The summed E-state index contributed by atoms with van der Waals surface area (Å²) in [6.07, 6.45) is 8.13. The number of carboxylic acid groups (broad SMARTS) is 1. The molecule has 0 saturated heterocycles. The van der Waals surface area contributed by atoms with Crippen LogP contribution >= 0.6 is 0 Å². The molecule has 1 aromatic heterocycles. The van der Waals surface area contributed by atoms with Gasteiger partial charge in [-0.1, -0.05) is 30.3 Å². The summed E-state index contributed by atoms with van der Waals surface area (Å²) in [6.45, 7) is 9.43. The minimum atomic E-state index is -0.890. The summed E-state index contributed by atoms with van der Waals surface area (Å²) in [7, 11) is 0. The van der Waals surface area contributed by atoms with Crippen molar-refractivity contribution in [2.24, 2.45) is 0 Å². The highest BCUT2D eigenvalue weighted by atomic mass is 16.4. The van der Waals surface area contributed by atoms with E-state index in [9.17, 15) is 9.90 Å². The second-order valence-corrected chi connectivity index (χ2v) is 6.93. The molecule has 0 fully saturated rings. The van der Waals surface area contributed by atoms with Crippen molar-refractivity contribution < 1.29 is 9.90 Å². The summed E-state index contributed by atoms with van der Waals surface area (Å²) in [5.41, 5.74) is 6.60. The average molecular weight is 351 g/mol. The standard InChI is InChI=1S/C23H29NO2/c1-5-6-10-19-12-9-13-20(15-19)11-7-8-14-21-16(2)17(3)22(23(25)26)18(4)24-21/h5,9,12-13,15H,1,6-8,10-11,14H2,2-4H3,(H,25,26). The third-order valence-electron chi connectivity index (χ3n) is 5.01. The molecule has 2 aromatic rings. The number of aromatic carboxylic acids is 1. The maximum Gasteiger partial charge on any atom is 0.337 e. The van der Waals surface area contributed by atoms with Crippen LogP contribution in [0.15, 0.2) is 36.9 Å². The van der Waals surface area contributed by atoms with Crippen molar-refractivity contribution >= 4 is 5.97 Å². The highest BCUT2D eigenvalue weighted by Crippen LogP contribution is 2.21. The minimum absolute atomic E-state index is 0.350. The van der Waals surface area contributed by atoms with Gasteiger partial charge in [-0.2, -0.15) is 0 Å². The Morgan fingerprint density at radius 2 is 1.73 bits per heavy atom. The van der Waals surface area contributed by atoms with Gasteiger partial charge in [0, 0.05) is 5.69 Å². The SMILES string of the molecule is C=CCCc1cccc(CCCCc2nc(C)c(C(=O)O)c(C)c2C)c1. The van der Waals surface area contributed by atoms with Gasteiger partial charge >= 0.3 is 5.97 Å². The topological polar surface area (TPSA) is 50.2 Å². The van der Waals surface area contributed by atoms with Crippen molar-refractivity contribution in [3.8, 4) is 0 Å². The first-order valence-corrected chi connectivity index (χ1v) is 9.32. The van der Waals surface area contributed by atoms with Gasteiger partial charge in [-0.15, -0.1) is 6.58 Å². The number of allylic oxidation sites excluding steroid dienone is 1. The molecule has 0 spiro atoms. The van der Waals surface area contributed by atoms with E-state index in [4.69, 9.17) is 0 Å². The van der Waals surface area contributed by atoms with Gasteiger partial charge in [0.2, 0.25) is 0 Å². The van der Waals surface area contributed by atoms with Crippen LogP contribution < -0.4 is 0 Å². The lowest BCUT2D eigenvalue weighted by molar-refractivity contribution is 0.0694. The molecule has 0 aliphatic rings. The number of hydrogen-bond donors (Lipinski definition) is 1. The molecular formula is C23H29NO2. The van der Waals surface area contributed by atoms with E-state index in [1.807, 2.05) is 19.9 Å². The Morgan fingerprint density at radius 1 is 1.08 bits per heavy atom. The average Bonchev–Trinajstić information content (AvgIpc) is 2.61. The summed E-state index contributed by atoms with van der Waals surface area (Å²) in [6, 6.07) is 8.80.